The molecule has 0 amide bonds. The molecule has 0 spiro atoms. The Morgan fingerprint density at radius 2 is 1.29 bits per heavy atom. The first-order chi connectivity index (χ1) is 7.90. The van der Waals surface area contributed by atoms with Crippen LogP contribution in [0.4, 0.5) is 22.0 Å². The minimum atomic E-state index is -2.35. The van der Waals surface area contributed by atoms with E-state index >= 15 is 0 Å². The van der Waals surface area contributed by atoms with Crippen molar-refractivity contribution < 1.29 is 41.3 Å². The summed E-state index contributed by atoms with van der Waals surface area (Å²) < 4.78 is 67.7. The van der Waals surface area contributed by atoms with Crippen molar-refractivity contribution in [2.75, 3.05) is 7.11 Å². The third-order valence-electron chi connectivity index (χ3n) is 1.57. The largest absolute Gasteiger partial charge is 0.739 e. The molecule has 0 unspecified atom stereocenters. The summed E-state index contributed by atoms with van der Waals surface area (Å²) in [7, 11) is -1.43. The lowest BCUT2D eigenvalue weighted by atomic mass is 10.2. The molecule has 10 heteroatoms. The first-order valence-electron chi connectivity index (χ1n) is 3.95. The fourth-order valence-corrected chi connectivity index (χ4v) is 0.891. The molecule has 1 aromatic carbocycles. The van der Waals surface area contributed by atoms with E-state index in [1.807, 2.05) is 0 Å². The highest BCUT2D eigenvalue weighted by Gasteiger charge is 2.31. The van der Waals surface area contributed by atoms with Crippen molar-refractivity contribution in [2.45, 2.75) is 0 Å². The molecule has 0 aliphatic rings. The summed E-state index contributed by atoms with van der Waals surface area (Å²) in [6.45, 7) is 0. The maximum absolute atomic E-state index is 12.9. The summed E-state index contributed by atoms with van der Waals surface area (Å²) in [6, 6.07) is 0. The second kappa shape index (κ2) is 5.30. The maximum Gasteiger partial charge on any atom is 0.739 e. The summed E-state index contributed by atoms with van der Waals surface area (Å²) in [5.74, 6) is -12.9. The minimum absolute atomic E-state index is 0.922. The highest BCUT2D eigenvalue weighted by atomic mass is 19.2. The molecular formula is C7H4BF5O4. The summed E-state index contributed by atoms with van der Waals surface area (Å²) in [5.41, 5.74) is 0. The van der Waals surface area contributed by atoms with Crippen LogP contribution in [0.1, 0.15) is 0 Å². The molecule has 0 atom stereocenters. The molecular weight excluding hydrogens is 254 g/mol. The first kappa shape index (κ1) is 13.7. The highest BCUT2D eigenvalue weighted by Crippen LogP contribution is 2.29. The molecule has 0 saturated heterocycles. The fraction of sp³-hybridized carbons (Fsp3) is 0.143. The lowest BCUT2D eigenvalue weighted by molar-refractivity contribution is -0.207. The van der Waals surface area contributed by atoms with E-state index in [-0.39, 0.29) is 0 Å². The average molecular weight is 258 g/mol. The Hall–Kier alpha value is -1.39. The van der Waals surface area contributed by atoms with Gasteiger partial charge in [-0.05, 0) is 0 Å². The van der Waals surface area contributed by atoms with Crippen LogP contribution in [0, 0.1) is 29.1 Å². The van der Waals surface area contributed by atoms with Crippen molar-refractivity contribution >= 4 is 7.32 Å². The molecule has 0 bridgehead atoms. The van der Waals surface area contributed by atoms with E-state index in [2.05, 4.69) is 14.3 Å². The number of benzene rings is 1. The Morgan fingerprint density at radius 1 is 0.882 bits per heavy atom. The van der Waals surface area contributed by atoms with Gasteiger partial charge in [0.2, 0.25) is 29.1 Å². The lowest BCUT2D eigenvalue weighted by Crippen LogP contribution is -2.27. The molecule has 1 aromatic rings. The summed E-state index contributed by atoms with van der Waals surface area (Å²) in [5, 5.41) is 8.76. The predicted octanol–water partition coefficient (Wildman–Crippen LogP) is 1.32. The molecule has 94 valence electrons. The smallest absolute Gasteiger partial charge is 0.506 e. The Bertz CT molecular complexity index is 400. The second-order valence-electron chi connectivity index (χ2n) is 2.59. The zero-order chi connectivity index (χ0) is 13.2. The monoisotopic (exact) mass is 258 g/mol. The molecule has 17 heavy (non-hydrogen) atoms. The highest BCUT2D eigenvalue weighted by molar-refractivity contribution is 6.35. The van der Waals surface area contributed by atoms with Crippen molar-refractivity contribution in [3.63, 3.8) is 0 Å². The van der Waals surface area contributed by atoms with Gasteiger partial charge in [0, 0.05) is 0 Å². The van der Waals surface area contributed by atoms with Crippen LogP contribution in [0.25, 0.3) is 0 Å². The number of hydrogen-bond acceptors (Lipinski definition) is 4. The maximum atomic E-state index is 12.9. The Kier molecular flexibility index (Phi) is 4.26. The van der Waals surface area contributed by atoms with Gasteiger partial charge in [0.1, 0.15) is 0 Å². The zero-order valence-corrected chi connectivity index (χ0v) is 8.14. The molecule has 0 saturated carbocycles. The Balaban J connectivity index is 3.16. The van der Waals surface area contributed by atoms with Crippen molar-refractivity contribution in [3.05, 3.63) is 29.1 Å². The standard InChI is InChI=1S/C7H4BF5O4/c1-15-17-8(14)16-7-5(12)3(10)2(9)4(11)6(7)13/h14H,1H3. The van der Waals surface area contributed by atoms with Gasteiger partial charge in [0.15, 0.2) is 5.75 Å². The van der Waals surface area contributed by atoms with E-state index in [0.717, 1.165) is 7.11 Å². The van der Waals surface area contributed by atoms with E-state index in [9.17, 15) is 22.0 Å². The van der Waals surface area contributed by atoms with Gasteiger partial charge in [-0.25, -0.2) is 22.9 Å². The van der Waals surface area contributed by atoms with Gasteiger partial charge >= 0.3 is 7.32 Å². The molecule has 1 N–H and O–H groups in total. The molecule has 0 fully saturated rings. The normalized spacial score (nSPS) is 10.5. The van der Waals surface area contributed by atoms with Gasteiger partial charge < -0.3 is 9.68 Å². The van der Waals surface area contributed by atoms with Crippen LogP contribution in [0.3, 0.4) is 0 Å². The van der Waals surface area contributed by atoms with E-state index in [1.54, 1.807) is 0 Å². The SMILES string of the molecule is COOB(O)Oc1c(F)c(F)c(F)c(F)c1F. The molecule has 0 heterocycles. The third-order valence-corrected chi connectivity index (χ3v) is 1.57. The summed E-state index contributed by atoms with van der Waals surface area (Å²) >= 11 is 0. The zero-order valence-electron chi connectivity index (χ0n) is 8.14. The fourth-order valence-electron chi connectivity index (χ4n) is 0.891. The van der Waals surface area contributed by atoms with E-state index in [4.69, 9.17) is 5.02 Å². The Labute approximate surface area is 91.6 Å². The van der Waals surface area contributed by atoms with Crippen molar-refractivity contribution in [1.82, 2.24) is 0 Å². The summed E-state index contributed by atoms with van der Waals surface area (Å²) in [6.07, 6.45) is 0. The van der Waals surface area contributed by atoms with Crippen LogP contribution in [0.2, 0.25) is 0 Å². The van der Waals surface area contributed by atoms with Crippen LogP contribution in [-0.2, 0) is 9.69 Å². The van der Waals surface area contributed by atoms with Crippen LogP contribution in [-0.4, -0.2) is 19.5 Å². The lowest BCUT2D eigenvalue weighted by Gasteiger charge is -2.11. The topological polar surface area (TPSA) is 47.9 Å². The van der Waals surface area contributed by atoms with E-state index < -0.39 is 42.2 Å². The molecule has 4 nitrogen and oxygen atoms in total. The van der Waals surface area contributed by atoms with Gasteiger partial charge in [0.25, 0.3) is 0 Å². The average Bonchev–Trinajstić information content (AvgIpc) is 2.30. The van der Waals surface area contributed by atoms with Gasteiger partial charge in [-0.2, -0.15) is 8.78 Å². The predicted molar refractivity (Wildman–Crippen MR) is 42.9 cm³/mol. The van der Waals surface area contributed by atoms with Crippen molar-refractivity contribution in [1.29, 1.82) is 0 Å². The molecule has 0 aliphatic heterocycles. The Morgan fingerprint density at radius 3 is 1.71 bits per heavy atom. The van der Waals surface area contributed by atoms with Crippen LogP contribution >= 0.6 is 0 Å². The second-order valence-corrected chi connectivity index (χ2v) is 2.59. The molecule has 1 rings (SSSR count). The van der Waals surface area contributed by atoms with Crippen LogP contribution < -0.4 is 4.65 Å². The summed E-state index contributed by atoms with van der Waals surface area (Å²) in [4.78, 5) is 7.69. The van der Waals surface area contributed by atoms with Gasteiger partial charge in [-0.15, -0.1) is 0 Å². The molecule has 0 aromatic heterocycles. The van der Waals surface area contributed by atoms with E-state index in [1.165, 1.54) is 0 Å². The van der Waals surface area contributed by atoms with Crippen LogP contribution in [0.5, 0.6) is 5.75 Å². The van der Waals surface area contributed by atoms with Gasteiger partial charge in [0.05, 0.1) is 7.11 Å². The molecule has 0 aliphatic carbocycles. The van der Waals surface area contributed by atoms with Gasteiger partial charge in [-0.3, -0.25) is 0 Å². The number of halogens is 5. The van der Waals surface area contributed by atoms with Gasteiger partial charge in [-0.1, -0.05) is 0 Å². The van der Waals surface area contributed by atoms with Crippen molar-refractivity contribution in [2.24, 2.45) is 0 Å². The number of rotatable bonds is 4. The third kappa shape index (κ3) is 2.65. The van der Waals surface area contributed by atoms with E-state index in [0.29, 0.717) is 0 Å². The minimum Gasteiger partial charge on any atom is -0.506 e. The molecule has 0 radical (unpaired) electrons. The first-order valence-corrected chi connectivity index (χ1v) is 3.95. The van der Waals surface area contributed by atoms with Crippen LogP contribution in [0.15, 0.2) is 0 Å². The quantitative estimate of drug-likeness (QED) is 0.221. The number of hydrogen-bond donors (Lipinski definition) is 1. The van der Waals surface area contributed by atoms with Crippen molar-refractivity contribution in [3.8, 4) is 5.75 Å².